The Balaban J connectivity index is 1.36. The molecule has 0 unspecified atom stereocenters. The highest BCUT2D eigenvalue weighted by Crippen LogP contribution is 2.38. The van der Waals surface area contributed by atoms with Gasteiger partial charge in [-0.05, 0) is 31.5 Å². The maximum absolute atomic E-state index is 12.8. The maximum Gasteiger partial charge on any atom is 0.244 e. The number of fused-ring (bicyclic) bond motifs is 1. The summed E-state index contributed by atoms with van der Waals surface area (Å²) in [5, 5.41) is 12.4. The average Bonchev–Trinajstić information content (AvgIpc) is 3.49. The van der Waals surface area contributed by atoms with Gasteiger partial charge in [-0.3, -0.25) is 9.48 Å². The van der Waals surface area contributed by atoms with Gasteiger partial charge >= 0.3 is 0 Å². The van der Waals surface area contributed by atoms with Crippen LogP contribution in [-0.2, 0) is 20.6 Å². The molecule has 3 N–H and O–H groups in total. The Hall–Kier alpha value is -3.69. The highest BCUT2D eigenvalue weighted by Gasteiger charge is 2.19. The Morgan fingerprint density at radius 3 is 2.74 bits per heavy atom. The zero-order chi connectivity index (χ0) is 24.4. The summed E-state index contributed by atoms with van der Waals surface area (Å²) in [5.41, 5.74) is 2.04. The molecule has 1 amide bonds. The summed E-state index contributed by atoms with van der Waals surface area (Å²) in [6, 6.07) is 9.41. The van der Waals surface area contributed by atoms with E-state index in [0.29, 0.717) is 49.4 Å². The molecule has 0 radical (unpaired) electrons. The minimum absolute atomic E-state index is 0.00120. The number of rotatable bonds is 7. The lowest BCUT2D eigenvalue weighted by Gasteiger charge is -2.26. The third-order valence-electron chi connectivity index (χ3n) is 5.70. The van der Waals surface area contributed by atoms with Gasteiger partial charge in [0.25, 0.3) is 0 Å². The van der Waals surface area contributed by atoms with Gasteiger partial charge in [-0.25, -0.2) is 0 Å². The number of nitrogens with one attached hydrogen (secondary N) is 3. The molecule has 35 heavy (non-hydrogen) atoms. The highest BCUT2D eigenvalue weighted by molar-refractivity contribution is 7.70. The van der Waals surface area contributed by atoms with Crippen molar-refractivity contribution >= 4 is 52.5 Å². The SMILES string of the molecule is CP(C)(=O)c1ccccc1Nc1nc(Nc2cnn(CC(=O)N3CCOCC3)c2)nc2[nH]ccc12. The van der Waals surface area contributed by atoms with Crippen LogP contribution >= 0.6 is 7.14 Å². The molecule has 4 aromatic rings. The number of hydrogen-bond acceptors (Lipinski definition) is 8. The minimum Gasteiger partial charge on any atom is -0.378 e. The first-order chi connectivity index (χ1) is 16.9. The Morgan fingerprint density at radius 2 is 1.94 bits per heavy atom. The monoisotopic (exact) mass is 494 g/mol. The van der Waals surface area contributed by atoms with E-state index < -0.39 is 7.14 Å². The number of aromatic nitrogens is 5. The van der Waals surface area contributed by atoms with Gasteiger partial charge in [0.15, 0.2) is 0 Å². The molecule has 1 fully saturated rings. The quantitative estimate of drug-likeness (QED) is 0.335. The summed E-state index contributed by atoms with van der Waals surface area (Å²) in [6.45, 7) is 5.95. The molecular formula is C23H27N8O3P. The van der Waals surface area contributed by atoms with E-state index in [9.17, 15) is 9.36 Å². The van der Waals surface area contributed by atoms with E-state index in [0.717, 1.165) is 16.4 Å². The van der Waals surface area contributed by atoms with Gasteiger partial charge in [0, 0.05) is 30.8 Å². The number of anilines is 4. The molecule has 1 aliphatic heterocycles. The van der Waals surface area contributed by atoms with Crippen LogP contribution in [0.25, 0.3) is 11.0 Å². The Labute approximate surface area is 202 Å². The van der Waals surface area contributed by atoms with Crippen molar-refractivity contribution in [2.45, 2.75) is 6.54 Å². The summed E-state index contributed by atoms with van der Waals surface area (Å²) < 4.78 is 19.7. The number of hydrogen-bond donors (Lipinski definition) is 3. The van der Waals surface area contributed by atoms with Crippen molar-refractivity contribution in [1.82, 2.24) is 29.6 Å². The molecule has 11 nitrogen and oxygen atoms in total. The smallest absolute Gasteiger partial charge is 0.244 e. The molecule has 182 valence electrons. The van der Waals surface area contributed by atoms with E-state index in [4.69, 9.17) is 4.74 Å². The van der Waals surface area contributed by atoms with Crippen molar-refractivity contribution in [2.75, 3.05) is 50.3 Å². The lowest BCUT2D eigenvalue weighted by molar-refractivity contribution is -0.136. The van der Waals surface area contributed by atoms with Crippen LogP contribution in [0.3, 0.4) is 0 Å². The third-order valence-corrected chi connectivity index (χ3v) is 7.25. The maximum atomic E-state index is 12.8. The first-order valence-electron chi connectivity index (χ1n) is 11.3. The number of carbonyl (C=O) groups excluding carboxylic acids is 1. The van der Waals surface area contributed by atoms with E-state index in [1.807, 2.05) is 30.3 Å². The predicted molar refractivity (Wildman–Crippen MR) is 136 cm³/mol. The van der Waals surface area contributed by atoms with E-state index in [-0.39, 0.29) is 12.5 Å². The summed E-state index contributed by atoms with van der Waals surface area (Å²) in [4.78, 5) is 26.6. The summed E-state index contributed by atoms with van der Waals surface area (Å²) >= 11 is 0. The zero-order valence-corrected chi connectivity index (χ0v) is 20.5. The van der Waals surface area contributed by atoms with Crippen LogP contribution in [0.5, 0.6) is 0 Å². The summed E-state index contributed by atoms with van der Waals surface area (Å²) in [5.74, 6) is 0.936. The molecular weight excluding hydrogens is 467 g/mol. The third kappa shape index (κ3) is 5.21. The highest BCUT2D eigenvalue weighted by atomic mass is 31.2. The summed E-state index contributed by atoms with van der Waals surface area (Å²) in [6.07, 6.45) is 5.16. The molecule has 1 aliphatic rings. The van der Waals surface area contributed by atoms with Crippen LogP contribution in [0.2, 0.25) is 0 Å². The van der Waals surface area contributed by atoms with E-state index in [1.165, 1.54) is 0 Å². The number of amides is 1. The lowest BCUT2D eigenvalue weighted by atomic mass is 10.3. The topological polar surface area (TPSA) is 130 Å². The Bertz CT molecular complexity index is 1400. The van der Waals surface area contributed by atoms with Gasteiger partial charge in [0.1, 0.15) is 25.2 Å². The van der Waals surface area contributed by atoms with Crippen molar-refractivity contribution < 1.29 is 14.1 Å². The lowest BCUT2D eigenvalue weighted by Crippen LogP contribution is -2.42. The largest absolute Gasteiger partial charge is 0.378 e. The van der Waals surface area contributed by atoms with E-state index >= 15 is 0 Å². The molecule has 0 atom stereocenters. The van der Waals surface area contributed by atoms with Crippen LogP contribution in [0.4, 0.5) is 23.1 Å². The molecule has 1 saturated heterocycles. The molecule has 5 rings (SSSR count). The molecule has 0 aliphatic carbocycles. The first kappa shape index (κ1) is 23.1. The van der Waals surface area contributed by atoms with Gasteiger partial charge in [0.2, 0.25) is 11.9 Å². The number of aromatic amines is 1. The number of H-pyrrole nitrogens is 1. The van der Waals surface area contributed by atoms with Crippen LogP contribution < -0.4 is 15.9 Å². The van der Waals surface area contributed by atoms with Crippen molar-refractivity contribution in [1.29, 1.82) is 0 Å². The van der Waals surface area contributed by atoms with E-state index in [1.54, 1.807) is 41.5 Å². The van der Waals surface area contributed by atoms with Crippen molar-refractivity contribution in [3.05, 3.63) is 48.9 Å². The van der Waals surface area contributed by atoms with E-state index in [2.05, 4.69) is 30.7 Å². The van der Waals surface area contributed by atoms with Crippen LogP contribution in [0, 0.1) is 0 Å². The fourth-order valence-electron chi connectivity index (χ4n) is 3.96. The molecule has 0 saturated carbocycles. The second-order valence-corrected chi connectivity index (χ2v) is 11.9. The number of morpholine rings is 1. The number of para-hydroxylation sites is 1. The Morgan fingerprint density at radius 1 is 1.14 bits per heavy atom. The molecule has 1 aromatic carbocycles. The number of carbonyl (C=O) groups is 1. The van der Waals surface area contributed by atoms with Crippen molar-refractivity contribution in [2.24, 2.45) is 0 Å². The second kappa shape index (κ2) is 9.52. The number of nitrogens with zero attached hydrogens (tertiary/aromatic N) is 5. The predicted octanol–water partition coefficient (Wildman–Crippen LogP) is 2.75. The van der Waals surface area contributed by atoms with Crippen molar-refractivity contribution in [3.8, 4) is 0 Å². The van der Waals surface area contributed by atoms with Gasteiger partial charge in [-0.1, -0.05) is 12.1 Å². The molecule has 4 heterocycles. The fourth-order valence-corrected chi connectivity index (χ4v) is 5.12. The molecule has 12 heteroatoms. The second-order valence-electron chi connectivity index (χ2n) is 8.67. The van der Waals surface area contributed by atoms with Gasteiger partial charge in [0.05, 0.1) is 36.2 Å². The number of ether oxygens (including phenoxy) is 1. The fraction of sp³-hybridized carbons (Fsp3) is 0.304. The minimum atomic E-state index is -2.50. The van der Waals surface area contributed by atoms with Gasteiger partial charge in [-0.15, -0.1) is 0 Å². The molecule has 0 bridgehead atoms. The van der Waals surface area contributed by atoms with Crippen LogP contribution in [0.1, 0.15) is 0 Å². The normalized spacial score (nSPS) is 14.3. The Kier molecular flexibility index (Phi) is 6.27. The van der Waals surface area contributed by atoms with Gasteiger partial charge in [-0.2, -0.15) is 15.1 Å². The van der Waals surface area contributed by atoms with Crippen molar-refractivity contribution in [3.63, 3.8) is 0 Å². The zero-order valence-electron chi connectivity index (χ0n) is 19.6. The van der Waals surface area contributed by atoms with Crippen LogP contribution in [0.15, 0.2) is 48.9 Å². The standard InChI is InChI=1S/C23H27N8O3P/c1-35(2,33)19-6-4-3-5-18(19)27-22-17-7-8-24-21(17)28-23(29-22)26-16-13-25-31(14-16)15-20(32)30-9-11-34-12-10-30/h3-8,13-14H,9-12,15H2,1-2H3,(H3,24,26,27,28,29). The van der Waals surface area contributed by atoms with Crippen LogP contribution in [-0.4, -0.2) is 75.2 Å². The summed E-state index contributed by atoms with van der Waals surface area (Å²) in [7, 11) is -2.50. The number of benzene rings is 1. The molecule has 3 aromatic heterocycles. The first-order valence-corrected chi connectivity index (χ1v) is 13.9. The molecule has 0 spiro atoms. The average molecular weight is 494 g/mol. The van der Waals surface area contributed by atoms with Gasteiger partial charge < -0.3 is 29.8 Å².